The second-order valence-electron chi connectivity index (χ2n) is 5.90. The molecule has 0 bridgehead atoms. The van der Waals surface area contributed by atoms with Gasteiger partial charge in [0.2, 0.25) is 5.91 Å². The number of hydrogen-bond donors (Lipinski definition) is 1. The molecule has 0 radical (unpaired) electrons. The summed E-state index contributed by atoms with van der Waals surface area (Å²) < 4.78 is 5.16. The van der Waals surface area contributed by atoms with Gasteiger partial charge in [-0.2, -0.15) is 0 Å². The van der Waals surface area contributed by atoms with Gasteiger partial charge in [0.15, 0.2) is 0 Å². The first-order valence-electron chi connectivity index (χ1n) is 7.74. The van der Waals surface area contributed by atoms with Crippen molar-refractivity contribution in [3.05, 3.63) is 35.9 Å². The van der Waals surface area contributed by atoms with Gasteiger partial charge < -0.3 is 15.4 Å². The van der Waals surface area contributed by atoms with Crippen molar-refractivity contribution in [1.29, 1.82) is 0 Å². The standard InChI is InChI=1S/C17H26N2O2/c1-21-12-11-19(13-15-7-3-2-4-8-15)16(20)17(14-18)9-5-6-10-17/h2-4,7-8H,5-6,9-14,18H2,1H3. The minimum atomic E-state index is -0.345. The molecule has 1 aromatic rings. The lowest BCUT2D eigenvalue weighted by molar-refractivity contribution is -0.142. The monoisotopic (exact) mass is 290 g/mol. The van der Waals surface area contributed by atoms with E-state index in [2.05, 4.69) is 12.1 Å². The first kappa shape index (κ1) is 16.0. The molecule has 1 saturated carbocycles. The van der Waals surface area contributed by atoms with Crippen molar-refractivity contribution in [1.82, 2.24) is 4.90 Å². The van der Waals surface area contributed by atoms with Gasteiger partial charge in [0.25, 0.3) is 0 Å². The third-order valence-corrected chi connectivity index (χ3v) is 4.47. The molecule has 116 valence electrons. The van der Waals surface area contributed by atoms with Crippen LogP contribution in [0.3, 0.4) is 0 Å². The van der Waals surface area contributed by atoms with Gasteiger partial charge in [0, 0.05) is 26.7 Å². The average molecular weight is 290 g/mol. The number of methoxy groups -OCH3 is 1. The van der Waals surface area contributed by atoms with E-state index in [0.29, 0.717) is 26.2 Å². The fraction of sp³-hybridized carbons (Fsp3) is 0.588. The third-order valence-electron chi connectivity index (χ3n) is 4.47. The number of hydrogen-bond acceptors (Lipinski definition) is 3. The van der Waals surface area contributed by atoms with E-state index in [-0.39, 0.29) is 11.3 Å². The van der Waals surface area contributed by atoms with Gasteiger partial charge in [0.1, 0.15) is 0 Å². The van der Waals surface area contributed by atoms with Gasteiger partial charge in [-0.3, -0.25) is 4.79 Å². The molecule has 0 heterocycles. The maximum atomic E-state index is 13.0. The number of carbonyl (C=O) groups excluding carboxylic acids is 1. The van der Waals surface area contributed by atoms with E-state index < -0.39 is 0 Å². The SMILES string of the molecule is COCCN(Cc1ccccc1)C(=O)C1(CN)CCCC1. The van der Waals surface area contributed by atoms with Crippen LogP contribution in [-0.4, -0.2) is 37.6 Å². The number of ether oxygens (including phenoxy) is 1. The van der Waals surface area contributed by atoms with Crippen LogP contribution in [0.25, 0.3) is 0 Å². The van der Waals surface area contributed by atoms with Crippen molar-refractivity contribution in [2.45, 2.75) is 32.2 Å². The zero-order chi connectivity index (χ0) is 15.1. The van der Waals surface area contributed by atoms with Crippen LogP contribution >= 0.6 is 0 Å². The molecular formula is C17H26N2O2. The van der Waals surface area contributed by atoms with Crippen LogP contribution in [0.4, 0.5) is 0 Å². The summed E-state index contributed by atoms with van der Waals surface area (Å²) in [4.78, 5) is 14.9. The Bertz CT molecular complexity index is 441. The molecule has 1 aromatic carbocycles. The zero-order valence-corrected chi connectivity index (χ0v) is 12.9. The topological polar surface area (TPSA) is 55.6 Å². The zero-order valence-electron chi connectivity index (χ0n) is 12.9. The fourth-order valence-electron chi connectivity index (χ4n) is 3.15. The Hall–Kier alpha value is -1.39. The maximum Gasteiger partial charge on any atom is 0.230 e. The Balaban J connectivity index is 2.12. The van der Waals surface area contributed by atoms with Crippen molar-refractivity contribution in [2.24, 2.45) is 11.1 Å². The van der Waals surface area contributed by atoms with Gasteiger partial charge in [-0.1, -0.05) is 43.2 Å². The van der Waals surface area contributed by atoms with Crippen LogP contribution in [0.2, 0.25) is 0 Å². The summed E-state index contributed by atoms with van der Waals surface area (Å²) in [5, 5.41) is 0. The Morgan fingerprint density at radius 3 is 2.52 bits per heavy atom. The Kier molecular flexibility index (Phi) is 5.76. The molecule has 2 rings (SSSR count). The third kappa shape index (κ3) is 3.83. The quantitative estimate of drug-likeness (QED) is 0.837. The second-order valence-corrected chi connectivity index (χ2v) is 5.90. The van der Waals surface area contributed by atoms with Crippen LogP contribution in [-0.2, 0) is 16.1 Å². The van der Waals surface area contributed by atoms with Gasteiger partial charge >= 0.3 is 0 Å². The highest BCUT2D eigenvalue weighted by Crippen LogP contribution is 2.39. The maximum absolute atomic E-state index is 13.0. The number of carbonyl (C=O) groups is 1. The molecular weight excluding hydrogens is 264 g/mol. The molecule has 1 amide bonds. The predicted octanol–water partition coefficient (Wildman–Crippen LogP) is 2.18. The molecule has 4 heteroatoms. The largest absolute Gasteiger partial charge is 0.383 e. The normalized spacial score (nSPS) is 16.9. The highest BCUT2D eigenvalue weighted by Gasteiger charge is 2.42. The minimum absolute atomic E-state index is 0.198. The Morgan fingerprint density at radius 2 is 1.95 bits per heavy atom. The molecule has 0 aromatic heterocycles. The summed E-state index contributed by atoms with van der Waals surface area (Å²) in [6.07, 6.45) is 4.04. The van der Waals surface area contributed by atoms with Gasteiger partial charge in [-0.15, -0.1) is 0 Å². The number of nitrogens with zero attached hydrogens (tertiary/aromatic N) is 1. The van der Waals surface area contributed by atoms with Crippen molar-refractivity contribution in [2.75, 3.05) is 26.8 Å². The van der Waals surface area contributed by atoms with E-state index in [1.807, 2.05) is 23.1 Å². The van der Waals surface area contributed by atoms with Gasteiger partial charge in [0.05, 0.1) is 12.0 Å². The lowest BCUT2D eigenvalue weighted by Crippen LogP contribution is -2.47. The molecule has 0 atom stereocenters. The fourth-order valence-corrected chi connectivity index (χ4v) is 3.15. The van der Waals surface area contributed by atoms with Crippen LogP contribution in [0.5, 0.6) is 0 Å². The molecule has 0 spiro atoms. The minimum Gasteiger partial charge on any atom is -0.383 e. The second kappa shape index (κ2) is 7.57. The number of benzene rings is 1. The van der Waals surface area contributed by atoms with Gasteiger partial charge in [-0.25, -0.2) is 0 Å². The smallest absolute Gasteiger partial charge is 0.230 e. The Labute approximate surface area is 127 Å². The van der Waals surface area contributed by atoms with Gasteiger partial charge in [-0.05, 0) is 18.4 Å². The molecule has 0 aliphatic heterocycles. The van der Waals surface area contributed by atoms with Crippen LogP contribution in [0.15, 0.2) is 30.3 Å². The molecule has 2 N–H and O–H groups in total. The van der Waals surface area contributed by atoms with E-state index in [9.17, 15) is 4.79 Å². The van der Waals surface area contributed by atoms with Crippen molar-refractivity contribution >= 4 is 5.91 Å². The molecule has 21 heavy (non-hydrogen) atoms. The average Bonchev–Trinajstić information content (AvgIpc) is 3.02. The molecule has 1 aliphatic rings. The lowest BCUT2D eigenvalue weighted by atomic mass is 9.84. The van der Waals surface area contributed by atoms with Crippen LogP contribution in [0, 0.1) is 5.41 Å². The molecule has 0 unspecified atom stereocenters. The van der Waals surface area contributed by atoms with E-state index in [4.69, 9.17) is 10.5 Å². The van der Waals surface area contributed by atoms with Crippen LogP contribution < -0.4 is 5.73 Å². The predicted molar refractivity (Wildman–Crippen MR) is 83.7 cm³/mol. The highest BCUT2D eigenvalue weighted by atomic mass is 16.5. The summed E-state index contributed by atoms with van der Waals surface area (Å²) in [6.45, 7) is 2.25. The first-order chi connectivity index (χ1) is 10.2. The van der Waals surface area contributed by atoms with Crippen molar-refractivity contribution in [3.8, 4) is 0 Å². The molecule has 1 fully saturated rings. The number of nitrogens with two attached hydrogens (primary N) is 1. The lowest BCUT2D eigenvalue weighted by Gasteiger charge is -2.33. The summed E-state index contributed by atoms with van der Waals surface area (Å²) in [5.41, 5.74) is 6.75. The number of amides is 1. The molecule has 4 nitrogen and oxygen atoms in total. The summed E-state index contributed by atoms with van der Waals surface area (Å²) in [5.74, 6) is 0.198. The van der Waals surface area contributed by atoms with E-state index >= 15 is 0 Å². The summed E-state index contributed by atoms with van der Waals surface area (Å²) in [7, 11) is 1.67. The summed E-state index contributed by atoms with van der Waals surface area (Å²) >= 11 is 0. The van der Waals surface area contributed by atoms with E-state index in [1.165, 1.54) is 0 Å². The molecule has 1 aliphatic carbocycles. The molecule has 0 saturated heterocycles. The van der Waals surface area contributed by atoms with Crippen molar-refractivity contribution in [3.63, 3.8) is 0 Å². The number of rotatable bonds is 7. The van der Waals surface area contributed by atoms with Crippen molar-refractivity contribution < 1.29 is 9.53 Å². The summed E-state index contributed by atoms with van der Waals surface area (Å²) in [6, 6.07) is 10.1. The van der Waals surface area contributed by atoms with E-state index in [1.54, 1.807) is 7.11 Å². The first-order valence-corrected chi connectivity index (χ1v) is 7.74. The van der Waals surface area contributed by atoms with E-state index in [0.717, 1.165) is 31.2 Å². The van der Waals surface area contributed by atoms with Crippen LogP contribution in [0.1, 0.15) is 31.2 Å². The highest BCUT2D eigenvalue weighted by molar-refractivity contribution is 5.83. The Morgan fingerprint density at radius 1 is 1.29 bits per heavy atom.